The van der Waals surface area contributed by atoms with Crippen molar-refractivity contribution in [2.45, 2.75) is 50.7 Å². The average Bonchev–Trinajstić information content (AvgIpc) is 3.34. The van der Waals surface area contributed by atoms with Gasteiger partial charge in [0.2, 0.25) is 0 Å². The van der Waals surface area contributed by atoms with Gasteiger partial charge in [-0.1, -0.05) is 31.4 Å². The molecular weight excluding hydrogens is 421 g/mol. The summed E-state index contributed by atoms with van der Waals surface area (Å²) in [5, 5.41) is 22.5. The number of allylic oxidation sites excluding steroid dienone is 1. The molecule has 2 atom stereocenters. The molecule has 1 aliphatic carbocycles. The van der Waals surface area contributed by atoms with Gasteiger partial charge in [0.15, 0.2) is 0 Å². The first kappa shape index (κ1) is 23.3. The molecule has 33 heavy (non-hydrogen) atoms. The summed E-state index contributed by atoms with van der Waals surface area (Å²) in [6.45, 7) is 0.0227. The van der Waals surface area contributed by atoms with E-state index in [2.05, 4.69) is 15.3 Å². The van der Waals surface area contributed by atoms with Crippen LogP contribution in [0.3, 0.4) is 0 Å². The van der Waals surface area contributed by atoms with Gasteiger partial charge in [0.05, 0.1) is 36.6 Å². The fourth-order valence-electron chi connectivity index (χ4n) is 4.69. The Balaban J connectivity index is 1.57. The Morgan fingerprint density at radius 1 is 1.15 bits per heavy atom. The number of nitrogens with one attached hydrogen (secondary N) is 1. The second kappa shape index (κ2) is 10.8. The number of halogens is 1. The van der Waals surface area contributed by atoms with Crippen molar-refractivity contribution in [2.24, 2.45) is 10.9 Å². The molecule has 1 aromatic heterocycles. The van der Waals surface area contributed by atoms with E-state index in [1.165, 1.54) is 37.0 Å². The SMILES string of the molecule is O=C(N[C@H](Cc1ccccn1)[C@H](O)CO)c1cccc(F)c1C1=NCC(C2CCCCC2)=C1. The van der Waals surface area contributed by atoms with Gasteiger partial charge in [0.1, 0.15) is 5.82 Å². The fraction of sp³-hybridized carbons (Fsp3) is 0.423. The summed E-state index contributed by atoms with van der Waals surface area (Å²) in [6.07, 6.45) is 8.54. The Hall–Kier alpha value is -2.90. The molecule has 3 N–H and O–H groups in total. The number of carbonyl (C=O) groups excluding carboxylic acids is 1. The molecule has 0 saturated heterocycles. The molecule has 2 aromatic rings. The van der Waals surface area contributed by atoms with Gasteiger partial charge in [-0.3, -0.25) is 14.8 Å². The Morgan fingerprint density at radius 2 is 1.97 bits per heavy atom. The maximum atomic E-state index is 15.0. The molecular formula is C26H30FN3O3. The predicted octanol–water partition coefficient (Wildman–Crippen LogP) is 3.22. The van der Waals surface area contributed by atoms with Crippen molar-refractivity contribution in [3.05, 3.63) is 76.9 Å². The van der Waals surface area contributed by atoms with E-state index in [9.17, 15) is 19.4 Å². The third-order valence-electron chi connectivity index (χ3n) is 6.52. The molecule has 0 spiro atoms. The van der Waals surface area contributed by atoms with Crippen molar-refractivity contribution in [1.82, 2.24) is 10.3 Å². The van der Waals surface area contributed by atoms with Crippen LogP contribution in [0.2, 0.25) is 0 Å². The average molecular weight is 452 g/mol. The first-order valence-electron chi connectivity index (χ1n) is 11.6. The standard InChI is InChI=1S/C26H30FN3O3/c27-21-11-6-10-20(25(21)23-13-18(15-29-23)17-7-2-1-3-8-17)26(33)30-22(24(32)16-31)14-19-9-4-5-12-28-19/h4-6,9-13,17,22,24,31-32H,1-3,7-8,14-16H2,(H,30,33)/t22-,24-/m1/s1. The zero-order valence-corrected chi connectivity index (χ0v) is 18.6. The molecule has 1 amide bonds. The van der Waals surface area contributed by atoms with Gasteiger partial charge in [-0.15, -0.1) is 0 Å². The quantitative estimate of drug-likeness (QED) is 0.574. The first-order valence-corrected chi connectivity index (χ1v) is 11.6. The number of aliphatic imine (C=N–C) groups is 1. The van der Waals surface area contributed by atoms with E-state index >= 15 is 0 Å². The summed E-state index contributed by atoms with van der Waals surface area (Å²) >= 11 is 0. The van der Waals surface area contributed by atoms with Gasteiger partial charge in [-0.2, -0.15) is 0 Å². The van der Waals surface area contributed by atoms with Gasteiger partial charge in [0, 0.05) is 23.9 Å². The Labute approximate surface area is 193 Å². The fourth-order valence-corrected chi connectivity index (χ4v) is 4.69. The summed E-state index contributed by atoms with van der Waals surface area (Å²) in [5.41, 5.74) is 2.70. The number of benzene rings is 1. The lowest BCUT2D eigenvalue weighted by atomic mass is 9.83. The summed E-state index contributed by atoms with van der Waals surface area (Å²) < 4.78 is 15.0. The van der Waals surface area contributed by atoms with Crippen LogP contribution in [0.15, 0.2) is 59.2 Å². The smallest absolute Gasteiger partial charge is 0.252 e. The molecule has 0 unspecified atom stereocenters. The van der Waals surface area contributed by atoms with E-state index in [4.69, 9.17) is 0 Å². The molecule has 0 bridgehead atoms. The Morgan fingerprint density at radius 3 is 2.70 bits per heavy atom. The van der Waals surface area contributed by atoms with Crippen molar-refractivity contribution in [3.8, 4) is 0 Å². The molecule has 7 heteroatoms. The largest absolute Gasteiger partial charge is 0.394 e. The van der Waals surface area contributed by atoms with Gasteiger partial charge >= 0.3 is 0 Å². The number of pyridine rings is 1. The molecule has 1 aliphatic heterocycles. The lowest BCUT2D eigenvalue weighted by Gasteiger charge is -2.23. The molecule has 1 aromatic carbocycles. The molecule has 6 nitrogen and oxygen atoms in total. The van der Waals surface area contributed by atoms with Crippen LogP contribution in [0.1, 0.15) is 53.7 Å². The van der Waals surface area contributed by atoms with Crippen molar-refractivity contribution < 1.29 is 19.4 Å². The topological polar surface area (TPSA) is 94.8 Å². The van der Waals surface area contributed by atoms with E-state index in [0.717, 1.165) is 12.8 Å². The van der Waals surface area contributed by atoms with E-state index in [-0.39, 0.29) is 17.5 Å². The molecule has 4 rings (SSSR count). The highest BCUT2D eigenvalue weighted by Crippen LogP contribution is 2.32. The van der Waals surface area contributed by atoms with Crippen LogP contribution in [0.5, 0.6) is 0 Å². The number of hydrogen-bond donors (Lipinski definition) is 3. The summed E-state index contributed by atoms with van der Waals surface area (Å²) in [7, 11) is 0. The molecule has 2 heterocycles. The molecule has 1 fully saturated rings. The second-order valence-corrected chi connectivity index (χ2v) is 8.77. The van der Waals surface area contributed by atoms with Gasteiger partial charge in [-0.05, 0) is 54.7 Å². The minimum atomic E-state index is -1.19. The normalized spacial score (nSPS) is 18.4. The lowest BCUT2D eigenvalue weighted by Crippen LogP contribution is -2.46. The molecule has 2 aliphatic rings. The zero-order valence-electron chi connectivity index (χ0n) is 18.6. The van der Waals surface area contributed by atoms with Crippen LogP contribution in [-0.4, -0.2) is 52.1 Å². The lowest BCUT2D eigenvalue weighted by molar-refractivity contribution is 0.0565. The predicted molar refractivity (Wildman–Crippen MR) is 125 cm³/mol. The minimum absolute atomic E-state index is 0.158. The maximum Gasteiger partial charge on any atom is 0.252 e. The third kappa shape index (κ3) is 5.54. The Kier molecular flexibility index (Phi) is 7.62. The number of rotatable bonds is 8. The summed E-state index contributed by atoms with van der Waals surface area (Å²) in [6, 6.07) is 8.96. The molecule has 0 radical (unpaired) electrons. The van der Waals surface area contributed by atoms with Crippen molar-refractivity contribution in [1.29, 1.82) is 0 Å². The molecule has 174 valence electrons. The maximum absolute atomic E-state index is 15.0. The number of aliphatic hydroxyl groups is 2. The summed E-state index contributed by atoms with van der Waals surface area (Å²) in [4.78, 5) is 22.0. The van der Waals surface area contributed by atoms with Crippen LogP contribution in [0.25, 0.3) is 0 Å². The van der Waals surface area contributed by atoms with Gasteiger partial charge in [0.25, 0.3) is 5.91 Å². The molecule has 1 saturated carbocycles. The van der Waals surface area contributed by atoms with E-state index in [1.807, 2.05) is 12.1 Å². The van der Waals surface area contributed by atoms with Gasteiger partial charge in [-0.25, -0.2) is 4.39 Å². The van der Waals surface area contributed by atoms with Crippen LogP contribution in [-0.2, 0) is 6.42 Å². The highest BCUT2D eigenvalue weighted by molar-refractivity contribution is 6.16. The number of hydrogen-bond acceptors (Lipinski definition) is 5. The first-order chi connectivity index (χ1) is 16.1. The minimum Gasteiger partial charge on any atom is -0.394 e. The van der Waals surface area contributed by atoms with Crippen molar-refractivity contribution in [3.63, 3.8) is 0 Å². The van der Waals surface area contributed by atoms with Gasteiger partial charge < -0.3 is 15.5 Å². The zero-order chi connectivity index (χ0) is 23.2. The van der Waals surface area contributed by atoms with Crippen LogP contribution in [0.4, 0.5) is 4.39 Å². The van der Waals surface area contributed by atoms with E-state index in [1.54, 1.807) is 24.4 Å². The van der Waals surface area contributed by atoms with Crippen molar-refractivity contribution in [2.75, 3.05) is 13.2 Å². The van der Waals surface area contributed by atoms with Crippen LogP contribution < -0.4 is 5.32 Å². The highest BCUT2D eigenvalue weighted by atomic mass is 19.1. The number of nitrogens with zero attached hydrogens (tertiary/aromatic N) is 2. The van der Waals surface area contributed by atoms with E-state index < -0.39 is 30.5 Å². The monoisotopic (exact) mass is 451 g/mol. The van der Waals surface area contributed by atoms with E-state index in [0.29, 0.717) is 23.9 Å². The number of carbonyl (C=O) groups is 1. The van der Waals surface area contributed by atoms with Crippen LogP contribution >= 0.6 is 0 Å². The van der Waals surface area contributed by atoms with Crippen LogP contribution in [0, 0.1) is 11.7 Å². The number of amides is 1. The Bertz CT molecular complexity index is 1030. The summed E-state index contributed by atoms with van der Waals surface area (Å²) in [5.74, 6) is -0.557. The second-order valence-electron chi connectivity index (χ2n) is 8.77. The number of aliphatic hydroxyl groups excluding tert-OH is 2. The third-order valence-corrected chi connectivity index (χ3v) is 6.52. The highest BCUT2D eigenvalue weighted by Gasteiger charge is 2.28. The number of aromatic nitrogens is 1. The van der Waals surface area contributed by atoms with Crippen molar-refractivity contribution >= 4 is 11.6 Å².